The standard InChI is InChI=1S/C42H43N7O9/c1-42(2,3)58-41(55)44-27-37(51)46-33(23-28-13-7-4-8-14-28)38(52)43-26-36(50)47-34(24-29-15-9-5-10-16-29)40(54)48-35(25-30-17-11-6-12-18-30)39(53)45-31-19-21-32(22-20-31)49(56)57/h4-24,35H,25-27H2,1-3H3,(H,43,52)(H,44,55)(H,45,53)(H,46,51)(H,47,50)(H,48,54)/b33-23-,34-24+/t35-/m0/s1. The van der Waals surface area contributed by atoms with Gasteiger partial charge >= 0.3 is 6.09 Å². The van der Waals surface area contributed by atoms with Crippen molar-refractivity contribution in [2.24, 2.45) is 0 Å². The van der Waals surface area contributed by atoms with Gasteiger partial charge in [0.1, 0.15) is 29.6 Å². The number of nitro benzene ring substituents is 1. The van der Waals surface area contributed by atoms with Gasteiger partial charge in [-0.1, -0.05) is 91.0 Å². The minimum absolute atomic E-state index is 0.0452. The number of alkyl carbamates (subject to hydrolysis) is 1. The second-order valence-electron chi connectivity index (χ2n) is 13.6. The Kier molecular flexibility index (Phi) is 15.5. The minimum Gasteiger partial charge on any atom is -0.444 e. The van der Waals surface area contributed by atoms with E-state index in [4.69, 9.17) is 4.74 Å². The average molecular weight is 790 g/mol. The number of hydrogen-bond acceptors (Lipinski definition) is 9. The highest BCUT2D eigenvalue weighted by Gasteiger charge is 2.25. The molecule has 0 heterocycles. The summed E-state index contributed by atoms with van der Waals surface area (Å²) in [5, 5.41) is 26.1. The average Bonchev–Trinajstić information content (AvgIpc) is 3.19. The van der Waals surface area contributed by atoms with Gasteiger partial charge in [-0.25, -0.2) is 4.79 Å². The normalized spacial score (nSPS) is 11.9. The predicted octanol–water partition coefficient (Wildman–Crippen LogP) is 4.22. The number of carbonyl (C=O) groups excluding carboxylic acids is 6. The van der Waals surface area contributed by atoms with Gasteiger partial charge < -0.3 is 36.6 Å². The number of amides is 6. The summed E-state index contributed by atoms with van der Waals surface area (Å²) in [7, 11) is 0. The van der Waals surface area contributed by atoms with Crippen molar-refractivity contribution in [1.29, 1.82) is 0 Å². The van der Waals surface area contributed by atoms with Crippen molar-refractivity contribution in [3.8, 4) is 0 Å². The van der Waals surface area contributed by atoms with Crippen molar-refractivity contribution in [1.82, 2.24) is 26.6 Å². The predicted molar refractivity (Wildman–Crippen MR) is 216 cm³/mol. The molecule has 0 aliphatic rings. The molecule has 4 aromatic carbocycles. The summed E-state index contributed by atoms with van der Waals surface area (Å²) in [5.41, 5.74) is 0.570. The Hall–Kier alpha value is -7.62. The maximum absolute atomic E-state index is 13.9. The summed E-state index contributed by atoms with van der Waals surface area (Å²) in [6, 6.07) is 30.0. The van der Waals surface area contributed by atoms with Gasteiger partial charge in [0, 0.05) is 24.2 Å². The van der Waals surface area contributed by atoms with E-state index in [9.17, 15) is 38.9 Å². The summed E-state index contributed by atoms with van der Waals surface area (Å²) in [6.07, 6.45) is 1.98. The first kappa shape index (κ1) is 43.1. The van der Waals surface area contributed by atoms with Crippen LogP contribution >= 0.6 is 0 Å². The molecule has 4 rings (SSSR count). The third-order valence-corrected chi connectivity index (χ3v) is 7.71. The van der Waals surface area contributed by atoms with Crippen LogP contribution in [0.25, 0.3) is 12.2 Å². The molecule has 0 fully saturated rings. The number of nitro groups is 1. The van der Waals surface area contributed by atoms with E-state index < -0.39 is 65.3 Å². The first-order valence-electron chi connectivity index (χ1n) is 17.9. The first-order chi connectivity index (χ1) is 27.6. The Morgan fingerprint density at radius 2 is 1.16 bits per heavy atom. The molecule has 4 aromatic rings. The fourth-order valence-electron chi connectivity index (χ4n) is 5.05. The van der Waals surface area contributed by atoms with E-state index in [0.29, 0.717) is 16.7 Å². The highest BCUT2D eigenvalue weighted by molar-refractivity contribution is 6.06. The maximum Gasteiger partial charge on any atom is 0.408 e. The molecule has 58 heavy (non-hydrogen) atoms. The monoisotopic (exact) mass is 789 g/mol. The summed E-state index contributed by atoms with van der Waals surface area (Å²) in [6.45, 7) is 3.82. The Morgan fingerprint density at radius 3 is 1.66 bits per heavy atom. The van der Waals surface area contributed by atoms with Crippen LogP contribution < -0.4 is 31.9 Å². The van der Waals surface area contributed by atoms with E-state index in [1.54, 1.807) is 112 Å². The summed E-state index contributed by atoms with van der Waals surface area (Å²) in [4.78, 5) is 89.5. The fraction of sp³-hybridized carbons (Fsp3) is 0.190. The second-order valence-corrected chi connectivity index (χ2v) is 13.6. The molecule has 0 aromatic heterocycles. The maximum atomic E-state index is 13.9. The van der Waals surface area contributed by atoms with Gasteiger partial charge in [-0.05, 0) is 61.7 Å². The molecule has 0 radical (unpaired) electrons. The highest BCUT2D eigenvalue weighted by atomic mass is 16.6. The lowest BCUT2D eigenvalue weighted by Crippen LogP contribution is -2.48. The van der Waals surface area contributed by atoms with Crippen molar-refractivity contribution in [2.75, 3.05) is 18.4 Å². The Balaban J connectivity index is 1.50. The van der Waals surface area contributed by atoms with Crippen molar-refractivity contribution in [3.63, 3.8) is 0 Å². The number of anilines is 1. The van der Waals surface area contributed by atoms with Crippen LogP contribution in [0.5, 0.6) is 0 Å². The molecular weight excluding hydrogens is 747 g/mol. The third kappa shape index (κ3) is 14.9. The molecule has 300 valence electrons. The number of carbonyl (C=O) groups is 6. The number of hydrogen-bond donors (Lipinski definition) is 6. The zero-order valence-corrected chi connectivity index (χ0v) is 31.9. The third-order valence-electron chi connectivity index (χ3n) is 7.71. The van der Waals surface area contributed by atoms with Crippen LogP contribution in [0.4, 0.5) is 16.2 Å². The van der Waals surface area contributed by atoms with E-state index in [2.05, 4.69) is 31.9 Å². The Morgan fingerprint density at radius 1 is 0.672 bits per heavy atom. The zero-order valence-electron chi connectivity index (χ0n) is 31.9. The van der Waals surface area contributed by atoms with Crippen molar-refractivity contribution < 1.29 is 38.4 Å². The second kappa shape index (κ2) is 20.9. The number of non-ortho nitro benzene ring substituents is 1. The Bertz CT molecular complexity index is 2150. The van der Waals surface area contributed by atoms with E-state index in [-0.39, 0.29) is 29.2 Å². The lowest BCUT2D eigenvalue weighted by atomic mass is 10.0. The minimum atomic E-state index is -1.18. The van der Waals surface area contributed by atoms with Crippen molar-refractivity contribution in [2.45, 2.75) is 38.8 Å². The van der Waals surface area contributed by atoms with E-state index in [1.807, 2.05) is 0 Å². The smallest absolute Gasteiger partial charge is 0.408 e. The van der Waals surface area contributed by atoms with Gasteiger partial charge in [0.25, 0.3) is 17.5 Å². The SMILES string of the molecule is CC(C)(C)OC(=O)NCC(=O)N/C(=C\c1ccccc1)C(=O)NCC(=O)N/C(=C/c1ccccc1)C(=O)N[C@@H](Cc1ccccc1)C(=O)Nc1ccc([N+](=O)[O-])cc1. The van der Waals surface area contributed by atoms with E-state index in [1.165, 1.54) is 36.4 Å². The Labute approximate surface area is 334 Å². The van der Waals surface area contributed by atoms with Crippen LogP contribution in [0.15, 0.2) is 127 Å². The molecule has 0 aliphatic heterocycles. The van der Waals surface area contributed by atoms with Gasteiger partial charge in [-0.3, -0.25) is 34.1 Å². The van der Waals surface area contributed by atoms with Crippen LogP contribution in [0.1, 0.15) is 37.5 Å². The molecule has 6 N–H and O–H groups in total. The first-order valence-corrected chi connectivity index (χ1v) is 17.9. The fourth-order valence-corrected chi connectivity index (χ4v) is 5.05. The zero-order chi connectivity index (χ0) is 42.1. The molecule has 6 amide bonds. The quantitative estimate of drug-likeness (QED) is 0.0542. The molecule has 0 bridgehead atoms. The van der Waals surface area contributed by atoms with Crippen molar-refractivity contribution >= 4 is 59.2 Å². The molecule has 1 atom stereocenters. The molecular formula is C42H43N7O9. The number of nitrogens with zero attached hydrogens (tertiary/aromatic N) is 1. The van der Waals surface area contributed by atoms with Crippen LogP contribution in [-0.2, 0) is 35.1 Å². The van der Waals surface area contributed by atoms with Gasteiger partial charge in [0.15, 0.2) is 0 Å². The van der Waals surface area contributed by atoms with Gasteiger partial charge in [-0.2, -0.15) is 0 Å². The van der Waals surface area contributed by atoms with E-state index in [0.717, 1.165) is 0 Å². The number of rotatable bonds is 16. The summed E-state index contributed by atoms with van der Waals surface area (Å²) >= 11 is 0. The summed E-state index contributed by atoms with van der Waals surface area (Å²) < 4.78 is 5.14. The molecule has 16 heteroatoms. The molecule has 0 saturated heterocycles. The van der Waals surface area contributed by atoms with E-state index >= 15 is 0 Å². The number of ether oxygens (including phenoxy) is 1. The topological polar surface area (TPSA) is 227 Å². The molecule has 16 nitrogen and oxygen atoms in total. The summed E-state index contributed by atoms with van der Waals surface area (Å²) in [5.74, 6) is -3.89. The van der Waals surface area contributed by atoms with Crippen LogP contribution in [-0.4, -0.2) is 65.3 Å². The molecule has 0 spiro atoms. The number of nitrogens with one attached hydrogen (secondary N) is 6. The highest BCUT2D eigenvalue weighted by Crippen LogP contribution is 2.17. The van der Waals surface area contributed by atoms with Crippen LogP contribution in [0.3, 0.4) is 0 Å². The molecule has 0 unspecified atom stereocenters. The molecule has 0 aliphatic carbocycles. The van der Waals surface area contributed by atoms with Crippen LogP contribution in [0.2, 0.25) is 0 Å². The van der Waals surface area contributed by atoms with Crippen LogP contribution in [0, 0.1) is 10.1 Å². The molecule has 0 saturated carbocycles. The van der Waals surface area contributed by atoms with Gasteiger partial charge in [0.2, 0.25) is 17.7 Å². The lowest BCUT2D eigenvalue weighted by Gasteiger charge is -2.20. The van der Waals surface area contributed by atoms with Gasteiger partial charge in [-0.15, -0.1) is 0 Å². The number of benzene rings is 4. The van der Waals surface area contributed by atoms with Crippen molar-refractivity contribution in [3.05, 3.63) is 153 Å². The largest absolute Gasteiger partial charge is 0.444 e. The van der Waals surface area contributed by atoms with Gasteiger partial charge in [0.05, 0.1) is 11.5 Å². The lowest BCUT2D eigenvalue weighted by molar-refractivity contribution is -0.384.